The zero-order valence-corrected chi connectivity index (χ0v) is 11.1. The van der Waals surface area contributed by atoms with Crippen molar-refractivity contribution < 1.29 is 4.74 Å². The Morgan fingerprint density at radius 2 is 2.24 bits per heavy atom. The first kappa shape index (κ1) is 12.7. The van der Waals surface area contributed by atoms with Gasteiger partial charge >= 0.3 is 0 Å². The molecule has 0 aliphatic carbocycles. The zero-order valence-electron chi connectivity index (χ0n) is 10.4. The molecule has 94 valence electrons. The summed E-state index contributed by atoms with van der Waals surface area (Å²) in [5, 5.41) is 0.769. The highest BCUT2D eigenvalue weighted by Gasteiger charge is 2.28. The molecule has 1 aromatic carbocycles. The molecule has 0 bridgehead atoms. The number of morpholine rings is 1. The second-order valence-electron chi connectivity index (χ2n) is 5.02. The summed E-state index contributed by atoms with van der Waals surface area (Å²) >= 11 is 6.30. The molecule has 1 aliphatic heterocycles. The van der Waals surface area contributed by atoms with Gasteiger partial charge in [-0.15, -0.1) is 0 Å². The molecule has 0 spiro atoms. The molecule has 1 heterocycles. The Kier molecular flexibility index (Phi) is 3.61. The molecule has 17 heavy (non-hydrogen) atoms. The van der Waals surface area contributed by atoms with Crippen LogP contribution in [0.25, 0.3) is 0 Å². The van der Waals surface area contributed by atoms with Crippen LogP contribution in [0.4, 0.5) is 5.69 Å². The van der Waals surface area contributed by atoms with Crippen molar-refractivity contribution in [3.05, 3.63) is 28.8 Å². The van der Waals surface area contributed by atoms with Crippen molar-refractivity contribution in [3.63, 3.8) is 0 Å². The Labute approximate surface area is 107 Å². The number of hydrogen-bond donors (Lipinski definition) is 1. The smallest absolute Gasteiger partial charge is 0.0801 e. The number of nitrogens with zero attached hydrogens (tertiary/aromatic N) is 1. The van der Waals surface area contributed by atoms with Gasteiger partial charge < -0.3 is 15.4 Å². The fraction of sp³-hybridized carbons (Fsp3) is 0.538. The van der Waals surface area contributed by atoms with Crippen molar-refractivity contribution in [3.8, 4) is 0 Å². The van der Waals surface area contributed by atoms with Crippen LogP contribution < -0.4 is 10.6 Å². The highest BCUT2D eigenvalue weighted by atomic mass is 35.5. The first-order valence-corrected chi connectivity index (χ1v) is 6.27. The summed E-state index contributed by atoms with van der Waals surface area (Å²) in [6, 6.07) is 6.02. The quantitative estimate of drug-likeness (QED) is 0.881. The van der Waals surface area contributed by atoms with Gasteiger partial charge in [0, 0.05) is 19.6 Å². The van der Waals surface area contributed by atoms with Crippen molar-refractivity contribution in [1.29, 1.82) is 0 Å². The first-order chi connectivity index (χ1) is 8.02. The van der Waals surface area contributed by atoms with Crippen molar-refractivity contribution in [2.24, 2.45) is 5.73 Å². The van der Waals surface area contributed by atoms with Crippen molar-refractivity contribution >= 4 is 17.3 Å². The summed E-state index contributed by atoms with van der Waals surface area (Å²) in [7, 11) is 0. The molecule has 0 amide bonds. The van der Waals surface area contributed by atoms with Crippen LogP contribution in [-0.2, 0) is 11.3 Å². The lowest BCUT2D eigenvalue weighted by molar-refractivity contribution is -0.0276. The Balaban J connectivity index is 2.22. The fourth-order valence-electron chi connectivity index (χ4n) is 2.16. The van der Waals surface area contributed by atoms with Gasteiger partial charge in [-0.2, -0.15) is 0 Å². The number of anilines is 1. The van der Waals surface area contributed by atoms with Crippen LogP contribution in [0.2, 0.25) is 5.02 Å². The number of halogens is 1. The number of hydrogen-bond acceptors (Lipinski definition) is 3. The Hall–Kier alpha value is -0.770. The highest BCUT2D eigenvalue weighted by Crippen LogP contribution is 2.30. The van der Waals surface area contributed by atoms with Crippen molar-refractivity contribution in [2.45, 2.75) is 26.0 Å². The number of benzene rings is 1. The maximum Gasteiger partial charge on any atom is 0.0801 e. The van der Waals surface area contributed by atoms with Crippen molar-refractivity contribution in [2.75, 3.05) is 24.6 Å². The maximum absolute atomic E-state index is 6.30. The lowest BCUT2D eigenvalue weighted by Gasteiger charge is -2.39. The zero-order chi connectivity index (χ0) is 12.5. The monoisotopic (exact) mass is 254 g/mol. The summed E-state index contributed by atoms with van der Waals surface area (Å²) in [5.41, 5.74) is 7.61. The molecule has 0 radical (unpaired) electrons. The van der Waals surface area contributed by atoms with Crippen LogP contribution in [0.15, 0.2) is 18.2 Å². The molecule has 0 saturated carbocycles. The van der Waals surface area contributed by atoms with Crippen LogP contribution in [0.1, 0.15) is 19.4 Å². The van der Waals surface area contributed by atoms with Gasteiger partial charge in [0.25, 0.3) is 0 Å². The van der Waals surface area contributed by atoms with E-state index in [-0.39, 0.29) is 5.60 Å². The van der Waals surface area contributed by atoms with Crippen LogP contribution >= 0.6 is 11.6 Å². The largest absolute Gasteiger partial charge is 0.372 e. The minimum atomic E-state index is -0.117. The molecule has 0 aromatic heterocycles. The molecule has 2 rings (SSSR count). The molecule has 1 saturated heterocycles. The predicted molar refractivity (Wildman–Crippen MR) is 71.6 cm³/mol. The molecule has 3 nitrogen and oxygen atoms in total. The second-order valence-corrected chi connectivity index (χ2v) is 5.43. The van der Waals surface area contributed by atoms with Crippen LogP contribution in [0.5, 0.6) is 0 Å². The Morgan fingerprint density at radius 3 is 2.82 bits per heavy atom. The second kappa shape index (κ2) is 4.84. The Morgan fingerprint density at radius 1 is 1.47 bits per heavy atom. The normalized spacial score (nSPS) is 19.4. The highest BCUT2D eigenvalue weighted by molar-refractivity contribution is 6.33. The molecular formula is C13H19ClN2O. The van der Waals surface area contributed by atoms with Crippen LogP contribution in [0.3, 0.4) is 0 Å². The van der Waals surface area contributed by atoms with E-state index in [4.69, 9.17) is 22.1 Å². The molecule has 1 aliphatic rings. The lowest BCUT2D eigenvalue weighted by Crippen LogP contribution is -2.48. The van der Waals surface area contributed by atoms with E-state index in [9.17, 15) is 0 Å². The number of ether oxygens (including phenoxy) is 1. The average molecular weight is 255 g/mol. The Bertz CT molecular complexity index is 406. The van der Waals surface area contributed by atoms with Gasteiger partial charge in [-0.25, -0.2) is 0 Å². The lowest BCUT2D eigenvalue weighted by atomic mass is 10.1. The third-order valence-electron chi connectivity index (χ3n) is 3.01. The molecule has 2 N–H and O–H groups in total. The standard InChI is InChI=1S/C13H19ClN2O/c1-13(2)9-16(5-6-17-13)12-4-3-10(8-15)7-11(12)14/h3-4,7H,5-6,8-9,15H2,1-2H3. The molecule has 1 aromatic rings. The van der Waals surface area contributed by atoms with Crippen LogP contribution in [-0.4, -0.2) is 25.3 Å². The predicted octanol–water partition coefficient (Wildman–Crippen LogP) is 2.41. The summed E-state index contributed by atoms with van der Waals surface area (Å²) < 4.78 is 5.70. The minimum Gasteiger partial charge on any atom is -0.372 e. The van der Waals surface area contributed by atoms with Gasteiger partial charge in [-0.1, -0.05) is 17.7 Å². The summed E-state index contributed by atoms with van der Waals surface area (Å²) in [4.78, 5) is 2.27. The average Bonchev–Trinajstić information content (AvgIpc) is 2.27. The molecule has 0 atom stereocenters. The van der Waals surface area contributed by atoms with Gasteiger partial charge in [-0.05, 0) is 31.5 Å². The van der Waals surface area contributed by atoms with Gasteiger partial charge in [0.1, 0.15) is 0 Å². The number of nitrogens with two attached hydrogens (primary N) is 1. The van der Waals surface area contributed by atoms with E-state index in [0.717, 1.165) is 36.0 Å². The van der Waals surface area contributed by atoms with Gasteiger partial charge in [0.15, 0.2) is 0 Å². The third-order valence-corrected chi connectivity index (χ3v) is 3.32. The summed E-state index contributed by atoms with van der Waals surface area (Å²) in [5.74, 6) is 0. The summed E-state index contributed by atoms with van der Waals surface area (Å²) in [6.07, 6.45) is 0. The van der Waals surface area contributed by atoms with E-state index in [2.05, 4.69) is 18.7 Å². The maximum atomic E-state index is 6.30. The van der Waals surface area contributed by atoms with Gasteiger partial charge in [0.05, 0.1) is 22.9 Å². The first-order valence-electron chi connectivity index (χ1n) is 5.89. The van der Waals surface area contributed by atoms with E-state index in [1.807, 2.05) is 18.2 Å². The summed E-state index contributed by atoms with van der Waals surface area (Å²) in [6.45, 7) is 7.19. The van der Waals surface area contributed by atoms with E-state index in [1.165, 1.54) is 0 Å². The van der Waals surface area contributed by atoms with Crippen molar-refractivity contribution in [1.82, 2.24) is 0 Å². The van der Waals surface area contributed by atoms with E-state index in [1.54, 1.807) is 0 Å². The minimum absolute atomic E-state index is 0.117. The van der Waals surface area contributed by atoms with E-state index < -0.39 is 0 Å². The molecule has 1 fully saturated rings. The fourth-order valence-corrected chi connectivity index (χ4v) is 2.48. The van der Waals surface area contributed by atoms with E-state index in [0.29, 0.717) is 6.54 Å². The SMILES string of the molecule is CC1(C)CN(c2ccc(CN)cc2Cl)CCO1. The third kappa shape index (κ3) is 2.92. The van der Waals surface area contributed by atoms with Gasteiger partial charge in [-0.3, -0.25) is 0 Å². The van der Waals surface area contributed by atoms with E-state index >= 15 is 0 Å². The number of rotatable bonds is 2. The molecule has 0 unspecified atom stereocenters. The van der Waals surface area contributed by atoms with Crippen LogP contribution in [0, 0.1) is 0 Å². The molecular weight excluding hydrogens is 236 g/mol. The topological polar surface area (TPSA) is 38.5 Å². The van der Waals surface area contributed by atoms with Gasteiger partial charge in [0.2, 0.25) is 0 Å². The molecule has 4 heteroatoms.